The summed E-state index contributed by atoms with van der Waals surface area (Å²) in [6, 6.07) is 10.7. The Morgan fingerprint density at radius 3 is 2.00 bits per heavy atom. The van der Waals surface area contributed by atoms with Crippen molar-refractivity contribution < 1.29 is 0 Å². The third-order valence-corrected chi connectivity index (χ3v) is 3.59. The Kier molecular flexibility index (Phi) is 3.53. The van der Waals surface area contributed by atoms with Crippen LogP contribution in [0.2, 0.25) is 0 Å². The third kappa shape index (κ3) is 2.79. The van der Waals surface area contributed by atoms with Crippen LogP contribution in [-0.2, 0) is 10.8 Å². The van der Waals surface area contributed by atoms with Gasteiger partial charge in [-0.25, -0.2) is 4.68 Å². The van der Waals surface area contributed by atoms with Gasteiger partial charge >= 0.3 is 0 Å². The minimum atomic E-state index is 0.0634. The van der Waals surface area contributed by atoms with E-state index in [9.17, 15) is 0 Å². The molecule has 0 saturated heterocycles. The normalized spacial score (nSPS) is 12.8. The second-order valence-electron chi connectivity index (χ2n) is 7.61. The minimum absolute atomic E-state index is 0.0634. The van der Waals surface area contributed by atoms with Gasteiger partial charge in [0.15, 0.2) is 0 Å². The lowest BCUT2D eigenvalue weighted by Crippen LogP contribution is -2.18. The molecule has 0 fully saturated rings. The van der Waals surface area contributed by atoms with Gasteiger partial charge in [-0.15, -0.1) is 0 Å². The van der Waals surface area contributed by atoms with E-state index in [1.165, 1.54) is 16.9 Å². The van der Waals surface area contributed by atoms with Crippen LogP contribution in [0.5, 0.6) is 0 Å². The van der Waals surface area contributed by atoms with Crippen molar-refractivity contribution in [3.63, 3.8) is 0 Å². The molecule has 0 aliphatic rings. The Labute approximate surface area is 122 Å². The van der Waals surface area contributed by atoms with E-state index < -0.39 is 0 Å². The van der Waals surface area contributed by atoms with Gasteiger partial charge in [-0.1, -0.05) is 59.7 Å². The Balaban J connectivity index is 2.69. The van der Waals surface area contributed by atoms with Gasteiger partial charge in [0, 0.05) is 16.5 Å². The summed E-state index contributed by atoms with van der Waals surface area (Å²) in [6.45, 7) is 15.5. The van der Waals surface area contributed by atoms with Crippen molar-refractivity contribution >= 4 is 0 Å². The van der Waals surface area contributed by atoms with E-state index in [-0.39, 0.29) is 10.8 Å². The fraction of sp³-hybridized carbons (Fsp3) is 0.500. The predicted octanol–water partition coefficient (Wildman–Crippen LogP) is 4.78. The lowest BCUT2D eigenvalue weighted by atomic mass is 9.88. The second kappa shape index (κ2) is 4.76. The quantitative estimate of drug-likeness (QED) is 0.729. The van der Waals surface area contributed by atoms with Gasteiger partial charge in [-0.3, -0.25) is 0 Å². The summed E-state index contributed by atoms with van der Waals surface area (Å²) < 4.78 is 2.12. The average molecular weight is 270 g/mol. The molecule has 2 rings (SSSR count). The first-order chi connectivity index (χ1) is 9.10. The molecule has 0 saturated carbocycles. The van der Waals surface area contributed by atoms with Crippen molar-refractivity contribution in [3.05, 3.63) is 47.3 Å². The van der Waals surface area contributed by atoms with Gasteiger partial charge in [0.05, 0.1) is 11.4 Å². The Bertz CT molecular complexity index is 607. The van der Waals surface area contributed by atoms with Crippen LogP contribution in [0, 0.1) is 6.92 Å². The highest BCUT2D eigenvalue weighted by molar-refractivity contribution is 5.42. The topological polar surface area (TPSA) is 17.8 Å². The fourth-order valence-corrected chi connectivity index (χ4v) is 2.27. The molecule has 1 heterocycles. The Morgan fingerprint density at radius 2 is 1.50 bits per heavy atom. The van der Waals surface area contributed by atoms with Crippen LogP contribution in [0.4, 0.5) is 0 Å². The molecule has 0 bridgehead atoms. The molecule has 20 heavy (non-hydrogen) atoms. The first-order valence-corrected chi connectivity index (χ1v) is 7.28. The molecule has 0 aliphatic carbocycles. The van der Waals surface area contributed by atoms with Crippen molar-refractivity contribution in [2.75, 3.05) is 0 Å². The van der Waals surface area contributed by atoms with E-state index in [1.807, 2.05) is 0 Å². The zero-order valence-corrected chi connectivity index (χ0v) is 13.8. The number of rotatable bonds is 1. The van der Waals surface area contributed by atoms with Gasteiger partial charge in [0.2, 0.25) is 0 Å². The van der Waals surface area contributed by atoms with Crippen LogP contribution in [0.3, 0.4) is 0 Å². The average Bonchev–Trinajstić information content (AvgIpc) is 2.73. The highest BCUT2D eigenvalue weighted by atomic mass is 15.3. The number of nitrogens with zero attached hydrogens (tertiary/aromatic N) is 2. The minimum Gasteiger partial charge on any atom is -0.237 e. The van der Waals surface area contributed by atoms with Crippen molar-refractivity contribution in [2.24, 2.45) is 0 Å². The molecule has 0 spiro atoms. The highest BCUT2D eigenvalue weighted by Gasteiger charge is 2.26. The number of para-hydroxylation sites is 1. The number of aryl methyl sites for hydroxylation is 1. The van der Waals surface area contributed by atoms with Gasteiger partial charge in [-0.05, 0) is 24.6 Å². The van der Waals surface area contributed by atoms with Crippen molar-refractivity contribution in [1.29, 1.82) is 0 Å². The van der Waals surface area contributed by atoms with Gasteiger partial charge < -0.3 is 0 Å². The zero-order chi connectivity index (χ0) is 15.1. The van der Waals surface area contributed by atoms with Crippen LogP contribution >= 0.6 is 0 Å². The Morgan fingerprint density at radius 1 is 0.900 bits per heavy atom. The summed E-state index contributed by atoms with van der Waals surface area (Å²) in [5.74, 6) is 0. The lowest BCUT2D eigenvalue weighted by molar-refractivity contribution is 0.536. The van der Waals surface area contributed by atoms with E-state index >= 15 is 0 Å². The molecular weight excluding hydrogens is 244 g/mol. The maximum atomic E-state index is 4.90. The van der Waals surface area contributed by atoms with Crippen LogP contribution in [0.15, 0.2) is 30.3 Å². The smallest absolute Gasteiger partial charge is 0.0685 e. The summed E-state index contributed by atoms with van der Waals surface area (Å²) in [7, 11) is 0. The molecule has 0 aliphatic heterocycles. The summed E-state index contributed by atoms with van der Waals surface area (Å²) >= 11 is 0. The molecule has 0 amide bonds. The van der Waals surface area contributed by atoms with Crippen LogP contribution in [0.1, 0.15) is 58.5 Å². The standard InChI is InChI=1S/C18H26N2/c1-13-10-8-9-11-14(13)20-16(18(5,6)7)12-15(19-20)17(2,3)4/h8-12H,1-7H3. The largest absolute Gasteiger partial charge is 0.237 e. The van der Waals surface area contributed by atoms with Gasteiger partial charge in [0.25, 0.3) is 0 Å². The maximum Gasteiger partial charge on any atom is 0.0685 e. The Hall–Kier alpha value is -1.57. The summed E-state index contributed by atoms with van der Waals surface area (Å²) in [5, 5.41) is 4.90. The van der Waals surface area contributed by atoms with Crippen LogP contribution in [0.25, 0.3) is 5.69 Å². The number of benzene rings is 1. The molecule has 2 heteroatoms. The third-order valence-electron chi connectivity index (χ3n) is 3.59. The fourth-order valence-electron chi connectivity index (χ4n) is 2.27. The van der Waals surface area contributed by atoms with E-state index in [4.69, 9.17) is 5.10 Å². The van der Waals surface area contributed by atoms with E-state index in [2.05, 4.69) is 83.5 Å². The molecule has 1 aromatic carbocycles. The molecule has 0 unspecified atom stereocenters. The molecule has 108 valence electrons. The van der Waals surface area contributed by atoms with E-state index in [0.717, 1.165) is 5.69 Å². The number of hydrogen-bond donors (Lipinski definition) is 0. The second-order valence-corrected chi connectivity index (χ2v) is 7.61. The van der Waals surface area contributed by atoms with Gasteiger partial charge in [0.1, 0.15) is 0 Å². The molecular formula is C18H26N2. The monoisotopic (exact) mass is 270 g/mol. The SMILES string of the molecule is Cc1ccccc1-n1nc(C(C)(C)C)cc1C(C)(C)C. The van der Waals surface area contributed by atoms with Crippen molar-refractivity contribution in [3.8, 4) is 5.69 Å². The first kappa shape index (κ1) is 14.8. The molecule has 0 atom stereocenters. The first-order valence-electron chi connectivity index (χ1n) is 7.28. The molecule has 2 nitrogen and oxygen atoms in total. The molecule has 0 radical (unpaired) electrons. The van der Waals surface area contributed by atoms with Crippen molar-refractivity contribution in [1.82, 2.24) is 9.78 Å². The van der Waals surface area contributed by atoms with Crippen LogP contribution in [-0.4, -0.2) is 9.78 Å². The van der Waals surface area contributed by atoms with Crippen LogP contribution < -0.4 is 0 Å². The van der Waals surface area contributed by atoms with Gasteiger partial charge in [-0.2, -0.15) is 5.10 Å². The highest BCUT2D eigenvalue weighted by Crippen LogP contribution is 2.31. The zero-order valence-electron chi connectivity index (χ0n) is 13.8. The summed E-state index contributed by atoms with van der Waals surface area (Å²) in [6.07, 6.45) is 0. The van der Waals surface area contributed by atoms with Crippen molar-refractivity contribution in [2.45, 2.75) is 59.3 Å². The van der Waals surface area contributed by atoms with E-state index in [0.29, 0.717) is 0 Å². The lowest BCUT2D eigenvalue weighted by Gasteiger charge is -2.21. The number of hydrogen-bond acceptors (Lipinski definition) is 1. The molecule has 1 aromatic heterocycles. The van der Waals surface area contributed by atoms with E-state index in [1.54, 1.807) is 0 Å². The molecule has 0 N–H and O–H groups in total. The molecule has 2 aromatic rings. The summed E-state index contributed by atoms with van der Waals surface area (Å²) in [4.78, 5) is 0. The maximum absolute atomic E-state index is 4.90. The summed E-state index contributed by atoms with van der Waals surface area (Å²) in [5.41, 5.74) is 4.96. The predicted molar refractivity (Wildman–Crippen MR) is 85.7 cm³/mol. The number of aromatic nitrogens is 2.